The van der Waals surface area contributed by atoms with Crippen LogP contribution in [0.25, 0.3) is 10.2 Å². The summed E-state index contributed by atoms with van der Waals surface area (Å²) in [6.45, 7) is 8.21. The van der Waals surface area contributed by atoms with Crippen molar-refractivity contribution < 1.29 is 4.79 Å². The number of thiophene rings is 1. The van der Waals surface area contributed by atoms with Crippen LogP contribution in [-0.2, 0) is 0 Å². The summed E-state index contributed by atoms with van der Waals surface area (Å²) in [7, 11) is 0. The fourth-order valence-corrected chi connectivity index (χ4v) is 3.27. The number of rotatable bonds is 4. The second-order valence-corrected chi connectivity index (χ2v) is 6.38. The minimum atomic E-state index is -0.0938. The Morgan fingerprint density at radius 1 is 1.45 bits per heavy atom. The lowest BCUT2D eigenvalue weighted by molar-refractivity contribution is 0.0929. The SMILES string of the molecule is CCC(NC(=O)c1sc2nc(C)ccc2c1N)C(C)C. The molecule has 0 bridgehead atoms. The molecule has 5 heteroatoms. The molecule has 1 amide bonds. The number of aryl methyl sites for hydroxylation is 1. The quantitative estimate of drug-likeness (QED) is 0.907. The van der Waals surface area contributed by atoms with Crippen molar-refractivity contribution in [3.63, 3.8) is 0 Å². The number of nitrogen functional groups attached to an aromatic ring is 1. The van der Waals surface area contributed by atoms with Crippen LogP contribution >= 0.6 is 11.3 Å². The van der Waals surface area contributed by atoms with Crippen LogP contribution in [0.3, 0.4) is 0 Å². The molecule has 0 saturated carbocycles. The Bertz CT molecular complexity index is 633. The highest BCUT2D eigenvalue weighted by atomic mass is 32.1. The number of pyridine rings is 1. The Morgan fingerprint density at radius 2 is 2.15 bits per heavy atom. The minimum Gasteiger partial charge on any atom is -0.397 e. The number of aromatic nitrogens is 1. The number of fused-ring (bicyclic) bond motifs is 1. The zero-order chi connectivity index (χ0) is 14.9. The highest BCUT2D eigenvalue weighted by Crippen LogP contribution is 2.32. The molecular weight excluding hydrogens is 270 g/mol. The van der Waals surface area contributed by atoms with E-state index in [2.05, 4.69) is 31.1 Å². The number of hydrogen-bond acceptors (Lipinski definition) is 4. The van der Waals surface area contributed by atoms with E-state index in [0.717, 1.165) is 22.3 Å². The molecule has 4 nitrogen and oxygen atoms in total. The van der Waals surface area contributed by atoms with Crippen LogP contribution in [0, 0.1) is 12.8 Å². The molecule has 3 N–H and O–H groups in total. The van der Waals surface area contributed by atoms with E-state index >= 15 is 0 Å². The zero-order valence-electron chi connectivity index (χ0n) is 12.4. The molecule has 1 atom stereocenters. The average Bonchev–Trinajstić information content (AvgIpc) is 2.72. The molecule has 2 heterocycles. The van der Waals surface area contributed by atoms with Gasteiger partial charge in [-0.3, -0.25) is 4.79 Å². The van der Waals surface area contributed by atoms with Gasteiger partial charge in [0.25, 0.3) is 5.91 Å². The molecule has 2 aromatic rings. The summed E-state index contributed by atoms with van der Waals surface area (Å²) in [5.41, 5.74) is 7.56. The first kappa shape index (κ1) is 14.8. The number of amides is 1. The second kappa shape index (κ2) is 5.79. The summed E-state index contributed by atoms with van der Waals surface area (Å²) in [5.74, 6) is 0.309. The van der Waals surface area contributed by atoms with E-state index in [1.165, 1.54) is 11.3 Å². The van der Waals surface area contributed by atoms with Crippen molar-refractivity contribution >= 4 is 33.1 Å². The van der Waals surface area contributed by atoms with Crippen molar-refractivity contribution in [1.82, 2.24) is 10.3 Å². The number of carbonyl (C=O) groups is 1. The Hall–Kier alpha value is -1.62. The fourth-order valence-electron chi connectivity index (χ4n) is 2.23. The van der Waals surface area contributed by atoms with Crippen LogP contribution < -0.4 is 11.1 Å². The molecule has 2 rings (SSSR count). The number of nitrogens with one attached hydrogen (secondary N) is 1. The van der Waals surface area contributed by atoms with Crippen molar-refractivity contribution in [1.29, 1.82) is 0 Å². The highest BCUT2D eigenvalue weighted by molar-refractivity contribution is 7.21. The Morgan fingerprint density at radius 3 is 2.75 bits per heavy atom. The smallest absolute Gasteiger partial charge is 0.263 e. The maximum absolute atomic E-state index is 12.4. The predicted molar refractivity (Wildman–Crippen MR) is 85.2 cm³/mol. The van der Waals surface area contributed by atoms with Crippen LogP contribution in [0.2, 0.25) is 0 Å². The molecule has 0 spiro atoms. The lowest BCUT2D eigenvalue weighted by atomic mass is 10.0. The molecule has 1 unspecified atom stereocenters. The highest BCUT2D eigenvalue weighted by Gasteiger charge is 2.20. The number of nitrogens with zero attached hydrogens (tertiary/aromatic N) is 1. The summed E-state index contributed by atoms with van der Waals surface area (Å²) in [6.07, 6.45) is 0.908. The second-order valence-electron chi connectivity index (χ2n) is 5.38. The van der Waals surface area contributed by atoms with Crippen molar-refractivity contribution in [3.8, 4) is 0 Å². The summed E-state index contributed by atoms with van der Waals surface area (Å²) in [4.78, 5) is 18.2. The molecule has 0 fully saturated rings. The first-order chi connectivity index (χ1) is 9.43. The van der Waals surface area contributed by atoms with Gasteiger partial charge >= 0.3 is 0 Å². The molecule has 0 aliphatic heterocycles. The largest absolute Gasteiger partial charge is 0.397 e. The first-order valence-corrected chi connectivity index (χ1v) is 7.72. The van der Waals surface area contributed by atoms with Gasteiger partial charge < -0.3 is 11.1 Å². The summed E-state index contributed by atoms with van der Waals surface area (Å²) < 4.78 is 0. The molecule has 108 valence electrons. The third kappa shape index (κ3) is 2.77. The van der Waals surface area contributed by atoms with E-state index in [-0.39, 0.29) is 11.9 Å². The van der Waals surface area contributed by atoms with Gasteiger partial charge in [0.15, 0.2) is 0 Å². The van der Waals surface area contributed by atoms with E-state index in [1.807, 2.05) is 19.1 Å². The van der Waals surface area contributed by atoms with Gasteiger partial charge in [-0.05, 0) is 31.4 Å². The Balaban J connectivity index is 2.33. The van der Waals surface area contributed by atoms with E-state index in [4.69, 9.17) is 5.73 Å². The number of hydrogen-bond donors (Lipinski definition) is 2. The molecule has 0 aliphatic rings. The first-order valence-electron chi connectivity index (χ1n) is 6.90. The van der Waals surface area contributed by atoms with Gasteiger partial charge in [0.05, 0.1) is 5.69 Å². The monoisotopic (exact) mass is 291 g/mol. The van der Waals surface area contributed by atoms with Gasteiger partial charge in [0, 0.05) is 17.1 Å². The van der Waals surface area contributed by atoms with E-state index in [0.29, 0.717) is 16.5 Å². The lowest BCUT2D eigenvalue weighted by Gasteiger charge is -2.20. The fraction of sp³-hybridized carbons (Fsp3) is 0.467. The standard InChI is InChI=1S/C15H21N3OS/c1-5-11(8(2)3)18-14(19)13-12(16)10-7-6-9(4)17-15(10)20-13/h6-8,11H,5,16H2,1-4H3,(H,18,19). The number of nitrogens with two attached hydrogens (primary N) is 1. The third-order valence-corrected chi connectivity index (χ3v) is 4.61. The van der Waals surface area contributed by atoms with Gasteiger partial charge in [-0.1, -0.05) is 20.8 Å². The summed E-state index contributed by atoms with van der Waals surface area (Å²) in [6, 6.07) is 4.01. The van der Waals surface area contributed by atoms with Crippen molar-refractivity contribution in [3.05, 3.63) is 22.7 Å². The van der Waals surface area contributed by atoms with Crippen molar-refractivity contribution in [2.45, 2.75) is 40.2 Å². The van der Waals surface area contributed by atoms with Crippen LogP contribution in [-0.4, -0.2) is 16.9 Å². The van der Waals surface area contributed by atoms with E-state index in [9.17, 15) is 4.79 Å². The number of anilines is 1. The van der Waals surface area contributed by atoms with Gasteiger partial charge in [-0.25, -0.2) is 4.98 Å². The average molecular weight is 291 g/mol. The van der Waals surface area contributed by atoms with Crippen LogP contribution in [0.4, 0.5) is 5.69 Å². The molecule has 0 aromatic carbocycles. The maximum atomic E-state index is 12.4. The third-order valence-electron chi connectivity index (χ3n) is 3.50. The van der Waals surface area contributed by atoms with Gasteiger partial charge in [0.1, 0.15) is 9.71 Å². The Labute approximate surface area is 123 Å². The molecule has 0 saturated heterocycles. The van der Waals surface area contributed by atoms with Gasteiger partial charge in [-0.15, -0.1) is 11.3 Å². The lowest BCUT2D eigenvalue weighted by Crippen LogP contribution is -2.37. The topological polar surface area (TPSA) is 68.0 Å². The van der Waals surface area contributed by atoms with E-state index < -0.39 is 0 Å². The van der Waals surface area contributed by atoms with Crippen LogP contribution in [0.5, 0.6) is 0 Å². The minimum absolute atomic E-state index is 0.0938. The zero-order valence-corrected chi connectivity index (χ0v) is 13.2. The molecular formula is C15H21N3OS. The van der Waals surface area contributed by atoms with Crippen molar-refractivity contribution in [2.24, 2.45) is 5.92 Å². The molecule has 20 heavy (non-hydrogen) atoms. The summed E-state index contributed by atoms with van der Waals surface area (Å²) >= 11 is 1.36. The van der Waals surface area contributed by atoms with Crippen molar-refractivity contribution in [2.75, 3.05) is 5.73 Å². The van der Waals surface area contributed by atoms with Crippen LogP contribution in [0.1, 0.15) is 42.6 Å². The van der Waals surface area contributed by atoms with E-state index in [1.54, 1.807) is 0 Å². The molecule has 2 aromatic heterocycles. The predicted octanol–water partition coefficient (Wildman–Crippen LogP) is 3.35. The maximum Gasteiger partial charge on any atom is 0.263 e. The Kier molecular flexibility index (Phi) is 4.28. The van der Waals surface area contributed by atoms with Gasteiger partial charge in [-0.2, -0.15) is 0 Å². The normalized spacial score (nSPS) is 12.8. The molecule has 0 radical (unpaired) electrons. The van der Waals surface area contributed by atoms with Gasteiger partial charge in [0.2, 0.25) is 0 Å². The number of carbonyl (C=O) groups excluding carboxylic acids is 1. The summed E-state index contributed by atoms with van der Waals surface area (Å²) in [5, 5.41) is 3.93. The molecule has 0 aliphatic carbocycles. The van der Waals surface area contributed by atoms with Crippen LogP contribution in [0.15, 0.2) is 12.1 Å².